The van der Waals surface area contributed by atoms with E-state index in [0.29, 0.717) is 12.3 Å². The Morgan fingerprint density at radius 1 is 1.00 bits per heavy atom. The van der Waals surface area contributed by atoms with Gasteiger partial charge in [0.25, 0.3) is 0 Å². The normalized spacial score (nSPS) is 12.5. The lowest BCUT2D eigenvalue weighted by Crippen LogP contribution is -2.00. The van der Waals surface area contributed by atoms with Gasteiger partial charge in [0.2, 0.25) is 0 Å². The molecule has 0 spiro atoms. The van der Waals surface area contributed by atoms with Crippen molar-refractivity contribution in [3.63, 3.8) is 0 Å². The van der Waals surface area contributed by atoms with E-state index in [1.165, 1.54) is 11.1 Å². The van der Waals surface area contributed by atoms with Crippen molar-refractivity contribution < 1.29 is 9.84 Å². The fourth-order valence-electron chi connectivity index (χ4n) is 2.39. The maximum absolute atomic E-state index is 10.1. The number of benzene rings is 2. The first kappa shape index (κ1) is 15.6. The molecule has 0 saturated heterocycles. The van der Waals surface area contributed by atoms with Crippen LogP contribution in [-0.2, 0) is 0 Å². The molecule has 112 valence electrons. The Morgan fingerprint density at radius 2 is 1.71 bits per heavy atom. The molecular formula is C19H24O2. The van der Waals surface area contributed by atoms with Gasteiger partial charge in [-0.2, -0.15) is 0 Å². The van der Waals surface area contributed by atoms with Crippen molar-refractivity contribution in [2.24, 2.45) is 0 Å². The van der Waals surface area contributed by atoms with Gasteiger partial charge in [-0.3, -0.25) is 0 Å². The molecule has 2 aromatic carbocycles. The van der Waals surface area contributed by atoms with Crippen LogP contribution in [0.25, 0.3) is 0 Å². The molecule has 0 heterocycles. The van der Waals surface area contributed by atoms with Crippen LogP contribution < -0.4 is 4.74 Å². The minimum atomic E-state index is -0.492. The Hall–Kier alpha value is -1.80. The molecule has 0 saturated carbocycles. The second kappa shape index (κ2) is 6.77. The van der Waals surface area contributed by atoms with E-state index in [-0.39, 0.29) is 0 Å². The van der Waals surface area contributed by atoms with Gasteiger partial charge >= 0.3 is 0 Å². The molecule has 1 unspecified atom stereocenters. The highest BCUT2D eigenvalue weighted by atomic mass is 16.5. The second-order valence-electron chi connectivity index (χ2n) is 5.76. The third-order valence-corrected chi connectivity index (χ3v) is 3.68. The van der Waals surface area contributed by atoms with Gasteiger partial charge < -0.3 is 9.84 Å². The van der Waals surface area contributed by atoms with Crippen molar-refractivity contribution in [1.29, 1.82) is 0 Å². The molecule has 0 amide bonds. The van der Waals surface area contributed by atoms with Crippen LogP contribution in [0.2, 0.25) is 0 Å². The molecule has 2 rings (SSSR count). The van der Waals surface area contributed by atoms with Gasteiger partial charge in [0, 0.05) is 5.56 Å². The minimum absolute atomic E-state index is 0.392. The largest absolute Gasteiger partial charge is 0.457 e. The van der Waals surface area contributed by atoms with Crippen molar-refractivity contribution in [3.05, 3.63) is 59.2 Å². The highest BCUT2D eigenvalue weighted by molar-refractivity contribution is 5.44. The van der Waals surface area contributed by atoms with E-state index < -0.39 is 6.10 Å². The molecule has 0 aromatic heterocycles. The molecule has 0 bridgehead atoms. The molecule has 1 atom stereocenters. The molecule has 0 aliphatic carbocycles. The summed E-state index contributed by atoms with van der Waals surface area (Å²) in [6.45, 7) is 8.34. The number of hydrogen-bond donors (Lipinski definition) is 1. The fraction of sp³-hybridized carbons (Fsp3) is 0.368. The van der Waals surface area contributed by atoms with Crippen LogP contribution >= 0.6 is 0 Å². The number of aliphatic hydroxyl groups is 1. The Kier molecular flexibility index (Phi) is 5.03. The average Bonchev–Trinajstić information content (AvgIpc) is 2.47. The number of aliphatic hydroxyl groups excluding tert-OH is 1. The molecule has 1 N–H and O–H groups in total. The van der Waals surface area contributed by atoms with E-state index >= 15 is 0 Å². The lowest BCUT2D eigenvalue weighted by atomic mass is 10.0. The van der Waals surface area contributed by atoms with Crippen LogP contribution in [0, 0.1) is 6.92 Å². The van der Waals surface area contributed by atoms with Crippen molar-refractivity contribution in [1.82, 2.24) is 0 Å². The van der Waals surface area contributed by atoms with Crippen LogP contribution in [0.1, 0.15) is 55.9 Å². The predicted octanol–water partition coefficient (Wildman–Crippen LogP) is 5.35. The van der Waals surface area contributed by atoms with Crippen LogP contribution in [-0.4, -0.2) is 5.11 Å². The Morgan fingerprint density at radius 3 is 2.38 bits per heavy atom. The molecule has 0 fully saturated rings. The maximum atomic E-state index is 10.1. The van der Waals surface area contributed by atoms with Crippen molar-refractivity contribution in [3.8, 4) is 11.5 Å². The number of rotatable bonds is 5. The number of aryl methyl sites for hydroxylation is 1. The third-order valence-electron chi connectivity index (χ3n) is 3.68. The topological polar surface area (TPSA) is 29.5 Å². The van der Waals surface area contributed by atoms with Crippen molar-refractivity contribution in [2.75, 3.05) is 0 Å². The van der Waals surface area contributed by atoms with Crippen LogP contribution in [0.3, 0.4) is 0 Å². The summed E-state index contributed by atoms with van der Waals surface area (Å²) < 4.78 is 6.15. The number of para-hydroxylation sites is 1. The Balaban J connectivity index is 2.41. The Labute approximate surface area is 127 Å². The van der Waals surface area contributed by atoms with Gasteiger partial charge in [0.1, 0.15) is 11.5 Å². The second-order valence-corrected chi connectivity index (χ2v) is 5.76. The first-order valence-corrected chi connectivity index (χ1v) is 7.58. The maximum Gasteiger partial charge on any atom is 0.133 e. The van der Waals surface area contributed by atoms with Crippen LogP contribution in [0.15, 0.2) is 42.5 Å². The van der Waals surface area contributed by atoms with Crippen molar-refractivity contribution in [2.45, 2.75) is 46.1 Å². The molecule has 2 nitrogen and oxygen atoms in total. The van der Waals surface area contributed by atoms with E-state index in [2.05, 4.69) is 39.0 Å². The first-order valence-electron chi connectivity index (χ1n) is 7.58. The molecule has 0 radical (unpaired) electrons. The first-order chi connectivity index (χ1) is 10.0. The summed E-state index contributed by atoms with van der Waals surface area (Å²) in [7, 11) is 0. The molecule has 0 aliphatic heterocycles. The zero-order valence-electron chi connectivity index (χ0n) is 13.3. The van der Waals surface area contributed by atoms with E-state index in [4.69, 9.17) is 4.74 Å². The summed E-state index contributed by atoms with van der Waals surface area (Å²) in [6, 6.07) is 14.0. The van der Waals surface area contributed by atoms with Crippen LogP contribution in [0.4, 0.5) is 0 Å². The van der Waals surface area contributed by atoms with E-state index in [1.807, 2.05) is 31.2 Å². The van der Waals surface area contributed by atoms with Gasteiger partial charge in [-0.05, 0) is 42.5 Å². The summed E-state index contributed by atoms with van der Waals surface area (Å²) in [5, 5.41) is 10.1. The zero-order valence-corrected chi connectivity index (χ0v) is 13.3. The third kappa shape index (κ3) is 3.64. The average molecular weight is 284 g/mol. The smallest absolute Gasteiger partial charge is 0.133 e. The monoisotopic (exact) mass is 284 g/mol. The Bertz CT molecular complexity index is 602. The van der Waals surface area contributed by atoms with Gasteiger partial charge in [-0.1, -0.05) is 51.1 Å². The molecule has 0 aliphatic rings. The summed E-state index contributed by atoms with van der Waals surface area (Å²) >= 11 is 0. The van der Waals surface area contributed by atoms with Gasteiger partial charge in [0.15, 0.2) is 0 Å². The highest BCUT2D eigenvalue weighted by Gasteiger charge is 2.14. The summed E-state index contributed by atoms with van der Waals surface area (Å²) in [5.41, 5.74) is 3.19. The number of ether oxygens (including phenoxy) is 1. The van der Waals surface area contributed by atoms with Gasteiger partial charge in [0.05, 0.1) is 6.10 Å². The van der Waals surface area contributed by atoms with Crippen molar-refractivity contribution >= 4 is 0 Å². The highest BCUT2D eigenvalue weighted by Crippen LogP contribution is 2.35. The van der Waals surface area contributed by atoms with E-state index in [0.717, 1.165) is 17.1 Å². The summed E-state index contributed by atoms with van der Waals surface area (Å²) in [5.74, 6) is 2.00. The van der Waals surface area contributed by atoms with Gasteiger partial charge in [-0.25, -0.2) is 0 Å². The molecule has 2 heteroatoms. The number of hydrogen-bond acceptors (Lipinski definition) is 2. The molecular weight excluding hydrogens is 260 g/mol. The van der Waals surface area contributed by atoms with E-state index in [1.54, 1.807) is 0 Å². The minimum Gasteiger partial charge on any atom is -0.457 e. The fourth-order valence-corrected chi connectivity index (χ4v) is 2.39. The van der Waals surface area contributed by atoms with Gasteiger partial charge in [-0.15, -0.1) is 0 Å². The van der Waals surface area contributed by atoms with Crippen LogP contribution in [0.5, 0.6) is 11.5 Å². The van der Waals surface area contributed by atoms with E-state index in [9.17, 15) is 5.11 Å². The zero-order chi connectivity index (χ0) is 15.4. The quantitative estimate of drug-likeness (QED) is 0.801. The SMILES string of the molecule is CCC(O)c1ccccc1Oc1cc(C)ccc1C(C)C. The summed E-state index contributed by atoms with van der Waals surface area (Å²) in [6.07, 6.45) is 0.180. The predicted molar refractivity (Wildman–Crippen MR) is 87.0 cm³/mol. The standard InChI is InChI=1S/C19H24O2/c1-5-17(20)16-8-6-7-9-18(16)21-19-12-14(4)10-11-15(19)13(2)3/h6-13,17,20H,5H2,1-4H3. The molecule has 2 aromatic rings. The summed E-state index contributed by atoms with van der Waals surface area (Å²) in [4.78, 5) is 0. The molecule has 21 heavy (non-hydrogen) atoms. The lowest BCUT2D eigenvalue weighted by molar-refractivity contribution is 0.170. The lowest BCUT2D eigenvalue weighted by Gasteiger charge is -2.18.